The molecular weight excluding hydrogens is 432 g/mol. The van der Waals surface area contributed by atoms with Gasteiger partial charge in [0.1, 0.15) is 11.6 Å². The summed E-state index contributed by atoms with van der Waals surface area (Å²) in [4.78, 5) is 11.6. The van der Waals surface area contributed by atoms with Crippen LogP contribution in [-0.2, 0) is 6.18 Å². The number of imidazole rings is 1. The van der Waals surface area contributed by atoms with Gasteiger partial charge in [-0.3, -0.25) is 4.98 Å². The van der Waals surface area contributed by atoms with Crippen molar-refractivity contribution >= 4 is 22.4 Å². The van der Waals surface area contributed by atoms with Gasteiger partial charge in [0.15, 0.2) is 0 Å². The monoisotopic (exact) mass is 448 g/mol. The summed E-state index contributed by atoms with van der Waals surface area (Å²) >= 11 is 0. The lowest BCUT2D eigenvalue weighted by atomic mass is 10.1. The molecule has 0 aliphatic rings. The first-order chi connectivity index (χ1) is 15.8. The number of benzene rings is 3. The van der Waals surface area contributed by atoms with E-state index in [0.29, 0.717) is 22.6 Å². The molecule has 33 heavy (non-hydrogen) atoms. The first-order valence-electron chi connectivity index (χ1n) is 10.0. The Bertz CT molecular complexity index is 1440. The fourth-order valence-corrected chi connectivity index (χ4v) is 3.52. The van der Waals surface area contributed by atoms with Crippen LogP contribution in [0.4, 0.5) is 28.9 Å². The molecule has 0 atom stereocenters. The number of nitrogens with one attached hydrogen (secondary N) is 2. The number of aromatic amines is 1. The van der Waals surface area contributed by atoms with Crippen molar-refractivity contribution in [1.29, 1.82) is 0 Å². The van der Waals surface area contributed by atoms with E-state index in [-0.39, 0.29) is 5.82 Å². The summed E-state index contributed by atoms with van der Waals surface area (Å²) in [6, 6.07) is 20.9. The van der Waals surface area contributed by atoms with Gasteiger partial charge in [-0.25, -0.2) is 9.37 Å². The number of rotatable bonds is 4. The van der Waals surface area contributed by atoms with Gasteiger partial charge >= 0.3 is 6.18 Å². The summed E-state index contributed by atoms with van der Waals surface area (Å²) < 4.78 is 52.4. The minimum atomic E-state index is -4.41. The third-order valence-corrected chi connectivity index (χ3v) is 5.14. The fraction of sp³-hybridized carbons (Fsp3) is 0.0400. The first-order valence-corrected chi connectivity index (χ1v) is 10.0. The lowest BCUT2D eigenvalue weighted by Gasteiger charge is -2.09. The van der Waals surface area contributed by atoms with Crippen molar-refractivity contribution in [3.8, 4) is 22.6 Å². The molecule has 5 aromatic rings. The van der Waals surface area contributed by atoms with Crippen LogP contribution in [0.2, 0.25) is 0 Å². The number of alkyl halides is 3. The summed E-state index contributed by atoms with van der Waals surface area (Å²) in [7, 11) is 0. The number of hydrogen-bond donors (Lipinski definition) is 2. The molecule has 5 rings (SSSR count). The molecule has 0 bridgehead atoms. The molecular formula is C25H16F4N4. The van der Waals surface area contributed by atoms with E-state index in [4.69, 9.17) is 0 Å². The Morgan fingerprint density at radius 2 is 1.61 bits per heavy atom. The number of aromatic nitrogens is 3. The molecule has 3 aromatic carbocycles. The first kappa shape index (κ1) is 20.7. The lowest BCUT2D eigenvalue weighted by molar-refractivity contribution is -0.137. The van der Waals surface area contributed by atoms with E-state index in [1.807, 2.05) is 48.5 Å². The quantitative estimate of drug-likeness (QED) is 0.286. The molecule has 0 amide bonds. The molecule has 0 unspecified atom stereocenters. The maximum absolute atomic E-state index is 13.4. The van der Waals surface area contributed by atoms with Crippen LogP contribution in [0.1, 0.15) is 5.56 Å². The average Bonchev–Trinajstić information content (AvgIpc) is 3.23. The topological polar surface area (TPSA) is 53.6 Å². The molecule has 0 aliphatic heterocycles. The Balaban J connectivity index is 1.38. The second-order valence-electron chi connectivity index (χ2n) is 7.46. The van der Waals surface area contributed by atoms with Crippen molar-refractivity contribution in [3.05, 3.63) is 96.4 Å². The number of H-pyrrole nitrogens is 1. The highest BCUT2D eigenvalue weighted by atomic mass is 19.4. The second kappa shape index (κ2) is 8.05. The number of nitrogens with zero attached hydrogens (tertiary/aromatic N) is 2. The summed E-state index contributed by atoms with van der Waals surface area (Å²) in [5.41, 5.74) is 3.70. The molecule has 164 valence electrons. The van der Waals surface area contributed by atoms with Gasteiger partial charge in [-0.1, -0.05) is 24.3 Å². The Kier molecular flexibility index (Phi) is 5.05. The molecule has 0 fully saturated rings. The summed E-state index contributed by atoms with van der Waals surface area (Å²) in [5.74, 6) is 0.125. The van der Waals surface area contributed by atoms with Gasteiger partial charge < -0.3 is 10.3 Å². The van der Waals surface area contributed by atoms with E-state index in [2.05, 4.69) is 20.3 Å². The maximum Gasteiger partial charge on any atom is 0.416 e. The predicted octanol–water partition coefficient (Wildman–Crippen LogP) is 7.19. The minimum Gasteiger partial charge on any atom is -0.356 e. The molecule has 0 saturated carbocycles. The van der Waals surface area contributed by atoms with E-state index in [9.17, 15) is 17.6 Å². The van der Waals surface area contributed by atoms with Gasteiger partial charge in [0.05, 0.1) is 22.3 Å². The Hall–Kier alpha value is -4.20. The molecule has 2 heterocycles. The summed E-state index contributed by atoms with van der Waals surface area (Å²) in [5, 5.41) is 3.28. The highest BCUT2D eigenvalue weighted by molar-refractivity contribution is 5.81. The number of pyridine rings is 1. The van der Waals surface area contributed by atoms with E-state index in [1.165, 1.54) is 24.4 Å². The standard InChI is InChI=1S/C25H16F4N4/c26-18-10-11-30-22(14-18)15-4-7-19(8-5-15)31-20-3-1-2-16(12-20)24-32-21-9-6-17(25(27,28)29)13-23(21)33-24/h1-14,31H,(H,32,33). The smallest absolute Gasteiger partial charge is 0.356 e. The fourth-order valence-electron chi connectivity index (χ4n) is 3.52. The van der Waals surface area contributed by atoms with Crippen LogP contribution < -0.4 is 5.32 Å². The number of fused-ring (bicyclic) bond motifs is 1. The average molecular weight is 448 g/mol. The van der Waals surface area contributed by atoms with Gasteiger partial charge in [0.25, 0.3) is 0 Å². The Morgan fingerprint density at radius 1 is 0.788 bits per heavy atom. The Labute approximate surface area is 186 Å². The highest BCUT2D eigenvalue weighted by Crippen LogP contribution is 2.32. The lowest BCUT2D eigenvalue weighted by Crippen LogP contribution is -2.04. The normalized spacial score (nSPS) is 11.6. The van der Waals surface area contributed by atoms with Crippen LogP contribution in [0, 0.1) is 5.82 Å². The molecule has 0 saturated heterocycles. The zero-order chi connectivity index (χ0) is 23.0. The van der Waals surface area contributed by atoms with Gasteiger partial charge in [-0.15, -0.1) is 0 Å². The molecule has 8 heteroatoms. The van der Waals surface area contributed by atoms with Gasteiger partial charge in [-0.05, 0) is 48.5 Å². The third kappa shape index (κ3) is 4.41. The maximum atomic E-state index is 13.4. The zero-order valence-corrected chi connectivity index (χ0v) is 17.0. The summed E-state index contributed by atoms with van der Waals surface area (Å²) in [6.07, 6.45) is -2.99. The highest BCUT2D eigenvalue weighted by Gasteiger charge is 2.30. The number of halogens is 4. The van der Waals surface area contributed by atoms with Crippen LogP contribution in [0.25, 0.3) is 33.7 Å². The number of anilines is 2. The largest absolute Gasteiger partial charge is 0.416 e. The summed E-state index contributed by atoms with van der Waals surface area (Å²) in [6.45, 7) is 0. The van der Waals surface area contributed by atoms with E-state index in [1.54, 1.807) is 0 Å². The third-order valence-electron chi connectivity index (χ3n) is 5.14. The van der Waals surface area contributed by atoms with Crippen molar-refractivity contribution in [2.24, 2.45) is 0 Å². The van der Waals surface area contributed by atoms with Crippen LogP contribution >= 0.6 is 0 Å². The zero-order valence-electron chi connectivity index (χ0n) is 17.0. The van der Waals surface area contributed by atoms with Crippen LogP contribution in [0.15, 0.2) is 85.1 Å². The van der Waals surface area contributed by atoms with E-state index in [0.717, 1.165) is 34.6 Å². The molecule has 4 nitrogen and oxygen atoms in total. The molecule has 2 N–H and O–H groups in total. The van der Waals surface area contributed by atoms with Gasteiger partial charge in [-0.2, -0.15) is 13.2 Å². The van der Waals surface area contributed by atoms with Crippen molar-refractivity contribution < 1.29 is 17.6 Å². The van der Waals surface area contributed by atoms with E-state index >= 15 is 0 Å². The van der Waals surface area contributed by atoms with E-state index < -0.39 is 11.7 Å². The molecule has 0 aliphatic carbocycles. The van der Waals surface area contributed by atoms with Crippen molar-refractivity contribution in [2.75, 3.05) is 5.32 Å². The van der Waals surface area contributed by atoms with Gasteiger partial charge in [0.2, 0.25) is 0 Å². The van der Waals surface area contributed by atoms with Gasteiger partial charge in [0, 0.05) is 34.8 Å². The van der Waals surface area contributed by atoms with Crippen LogP contribution in [-0.4, -0.2) is 15.0 Å². The van der Waals surface area contributed by atoms with Crippen molar-refractivity contribution in [1.82, 2.24) is 15.0 Å². The van der Waals surface area contributed by atoms with Crippen molar-refractivity contribution in [3.63, 3.8) is 0 Å². The minimum absolute atomic E-state index is 0.319. The van der Waals surface area contributed by atoms with Crippen LogP contribution in [0.5, 0.6) is 0 Å². The Morgan fingerprint density at radius 3 is 2.36 bits per heavy atom. The SMILES string of the molecule is Fc1ccnc(-c2ccc(Nc3cccc(-c4nc5ccc(C(F)(F)F)cc5[nH]4)c3)cc2)c1. The predicted molar refractivity (Wildman–Crippen MR) is 119 cm³/mol. The van der Waals surface area contributed by atoms with Crippen molar-refractivity contribution in [2.45, 2.75) is 6.18 Å². The molecule has 0 radical (unpaired) electrons. The second-order valence-corrected chi connectivity index (χ2v) is 7.46. The molecule has 2 aromatic heterocycles. The molecule has 0 spiro atoms. The number of hydrogen-bond acceptors (Lipinski definition) is 3. The van der Waals surface area contributed by atoms with Crippen LogP contribution in [0.3, 0.4) is 0 Å².